The molecule has 1 aliphatic rings. The summed E-state index contributed by atoms with van der Waals surface area (Å²) in [6.45, 7) is 6.92. The van der Waals surface area contributed by atoms with Crippen LogP contribution in [0.5, 0.6) is 5.75 Å². The number of hydrogen-bond acceptors (Lipinski definition) is 2. The first kappa shape index (κ1) is 16.3. The average Bonchev–Trinajstić information content (AvgIpc) is 2.45. The van der Waals surface area contributed by atoms with Gasteiger partial charge in [-0.15, -0.1) is 0 Å². The molecule has 0 aromatic heterocycles. The fourth-order valence-electron chi connectivity index (χ4n) is 3.50. The standard InChI is InChI=1S/C18H28FNO/c1-18(2,3)13-7-5-12(6-8-13)17(20)15-10-9-14(21-4)11-16(15)19/h9-13,17H,5-8,20H2,1-4H3. The van der Waals surface area contributed by atoms with Gasteiger partial charge in [0, 0.05) is 17.7 Å². The first-order valence-electron chi connectivity index (χ1n) is 7.92. The molecule has 2 rings (SSSR count). The molecule has 1 saturated carbocycles. The molecule has 0 bridgehead atoms. The van der Waals surface area contributed by atoms with Crippen LogP contribution in [0.2, 0.25) is 0 Å². The SMILES string of the molecule is COc1ccc(C(N)C2CCC(C(C)(C)C)CC2)c(F)c1. The van der Waals surface area contributed by atoms with Crippen LogP contribution in [0.25, 0.3) is 0 Å². The third-order valence-corrected chi connectivity index (χ3v) is 5.07. The number of halogens is 1. The van der Waals surface area contributed by atoms with Crippen LogP contribution >= 0.6 is 0 Å². The monoisotopic (exact) mass is 293 g/mol. The second-order valence-corrected chi connectivity index (χ2v) is 7.39. The summed E-state index contributed by atoms with van der Waals surface area (Å²) in [5.74, 6) is 1.42. The van der Waals surface area contributed by atoms with Crippen LogP contribution in [0.1, 0.15) is 58.1 Å². The summed E-state index contributed by atoms with van der Waals surface area (Å²) in [4.78, 5) is 0. The molecular weight excluding hydrogens is 265 g/mol. The summed E-state index contributed by atoms with van der Waals surface area (Å²) in [5, 5.41) is 0. The number of benzene rings is 1. The molecule has 0 spiro atoms. The van der Waals surface area contributed by atoms with E-state index in [0.717, 1.165) is 18.8 Å². The van der Waals surface area contributed by atoms with E-state index < -0.39 is 0 Å². The van der Waals surface area contributed by atoms with Crippen molar-refractivity contribution in [2.24, 2.45) is 23.0 Å². The van der Waals surface area contributed by atoms with Crippen LogP contribution in [0.15, 0.2) is 18.2 Å². The highest BCUT2D eigenvalue weighted by molar-refractivity contribution is 5.31. The van der Waals surface area contributed by atoms with E-state index in [0.29, 0.717) is 22.6 Å². The molecule has 0 radical (unpaired) electrons. The molecule has 1 fully saturated rings. The molecule has 0 amide bonds. The topological polar surface area (TPSA) is 35.2 Å². The lowest BCUT2D eigenvalue weighted by Crippen LogP contribution is -2.31. The van der Waals surface area contributed by atoms with Crippen molar-refractivity contribution in [2.45, 2.75) is 52.5 Å². The minimum atomic E-state index is -0.250. The molecule has 2 N–H and O–H groups in total. The summed E-state index contributed by atoms with van der Waals surface area (Å²) >= 11 is 0. The van der Waals surface area contributed by atoms with Crippen molar-refractivity contribution in [3.63, 3.8) is 0 Å². The van der Waals surface area contributed by atoms with E-state index >= 15 is 0 Å². The normalized spacial score (nSPS) is 24.7. The zero-order valence-corrected chi connectivity index (χ0v) is 13.7. The largest absolute Gasteiger partial charge is 0.497 e. The zero-order chi connectivity index (χ0) is 15.6. The summed E-state index contributed by atoms with van der Waals surface area (Å²) in [6, 6.07) is 4.78. The van der Waals surface area contributed by atoms with Gasteiger partial charge >= 0.3 is 0 Å². The zero-order valence-electron chi connectivity index (χ0n) is 13.7. The molecule has 1 aromatic rings. The second kappa shape index (κ2) is 6.35. The van der Waals surface area contributed by atoms with Crippen molar-refractivity contribution >= 4 is 0 Å². The maximum Gasteiger partial charge on any atom is 0.131 e. The number of nitrogens with two attached hydrogens (primary N) is 1. The third kappa shape index (κ3) is 3.76. The van der Waals surface area contributed by atoms with Gasteiger partial charge in [-0.1, -0.05) is 26.8 Å². The van der Waals surface area contributed by atoms with E-state index in [4.69, 9.17) is 10.5 Å². The average molecular weight is 293 g/mol. The van der Waals surface area contributed by atoms with E-state index in [2.05, 4.69) is 20.8 Å². The first-order valence-corrected chi connectivity index (χ1v) is 7.92. The predicted molar refractivity (Wildman–Crippen MR) is 84.8 cm³/mol. The van der Waals surface area contributed by atoms with Gasteiger partial charge in [-0.2, -0.15) is 0 Å². The predicted octanol–water partition coefficient (Wildman–Crippen LogP) is 4.69. The van der Waals surface area contributed by atoms with Crippen LogP contribution in [0.4, 0.5) is 4.39 Å². The molecule has 0 saturated heterocycles. The Labute approximate surface area is 127 Å². The fraction of sp³-hybridized carbons (Fsp3) is 0.667. The number of methoxy groups -OCH3 is 1. The van der Waals surface area contributed by atoms with E-state index in [1.807, 2.05) is 0 Å². The van der Waals surface area contributed by atoms with Crippen molar-refractivity contribution in [1.29, 1.82) is 0 Å². The summed E-state index contributed by atoms with van der Waals surface area (Å²) in [6.07, 6.45) is 4.57. The van der Waals surface area contributed by atoms with Crippen LogP contribution in [-0.4, -0.2) is 7.11 Å². The Morgan fingerprint density at radius 3 is 2.29 bits per heavy atom. The van der Waals surface area contributed by atoms with Crippen LogP contribution in [0, 0.1) is 23.1 Å². The summed E-state index contributed by atoms with van der Waals surface area (Å²) in [7, 11) is 1.54. The van der Waals surface area contributed by atoms with Gasteiger partial charge < -0.3 is 10.5 Å². The smallest absolute Gasteiger partial charge is 0.131 e. The van der Waals surface area contributed by atoms with Crippen molar-refractivity contribution in [3.05, 3.63) is 29.6 Å². The Kier molecular flexibility index (Phi) is 4.92. The lowest BCUT2D eigenvalue weighted by Gasteiger charge is -2.38. The van der Waals surface area contributed by atoms with Crippen LogP contribution in [0.3, 0.4) is 0 Å². The second-order valence-electron chi connectivity index (χ2n) is 7.39. The van der Waals surface area contributed by atoms with Gasteiger partial charge in [-0.05, 0) is 49.0 Å². The molecule has 1 aliphatic carbocycles. The number of hydrogen-bond donors (Lipinski definition) is 1. The molecule has 2 nitrogen and oxygen atoms in total. The summed E-state index contributed by atoms with van der Waals surface area (Å²) < 4.78 is 19.2. The molecule has 1 unspecified atom stereocenters. The third-order valence-electron chi connectivity index (χ3n) is 5.07. The Morgan fingerprint density at radius 1 is 1.19 bits per heavy atom. The Morgan fingerprint density at radius 2 is 1.81 bits per heavy atom. The maximum atomic E-state index is 14.1. The van der Waals surface area contributed by atoms with Gasteiger partial charge in [0.25, 0.3) is 0 Å². The van der Waals surface area contributed by atoms with Crippen molar-refractivity contribution in [2.75, 3.05) is 7.11 Å². The van der Waals surface area contributed by atoms with E-state index in [9.17, 15) is 4.39 Å². The number of ether oxygens (including phenoxy) is 1. The molecule has 118 valence electrons. The maximum absolute atomic E-state index is 14.1. The quantitative estimate of drug-likeness (QED) is 0.877. The van der Waals surface area contributed by atoms with Crippen molar-refractivity contribution < 1.29 is 9.13 Å². The lowest BCUT2D eigenvalue weighted by molar-refractivity contribution is 0.139. The van der Waals surface area contributed by atoms with Gasteiger partial charge in [-0.3, -0.25) is 0 Å². The molecule has 1 aromatic carbocycles. The van der Waals surface area contributed by atoms with Gasteiger partial charge in [0.15, 0.2) is 0 Å². The molecule has 21 heavy (non-hydrogen) atoms. The van der Waals surface area contributed by atoms with Crippen LogP contribution in [-0.2, 0) is 0 Å². The minimum Gasteiger partial charge on any atom is -0.497 e. The Balaban J connectivity index is 2.03. The lowest BCUT2D eigenvalue weighted by atomic mass is 9.68. The summed E-state index contributed by atoms with van der Waals surface area (Å²) in [5.41, 5.74) is 7.32. The Bertz CT molecular complexity index is 473. The molecule has 1 atom stereocenters. The fourth-order valence-corrected chi connectivity index (χ4v) is 3.50. The highest BCUT2D eigenvalue weighted by atomic mass is 19.1. The highest BCUT2D eigenvalue weighted by Crippen LogP contribution is 2.43. The van der Waals surface area contributed by atoms with E-state index in [-0.39, 0.29) is 11.9 Å². The van der Waals surface area contributed by atoms with Crippen molar-refractivity contribution in [3.8, 4) is 5.75 Å². The first-order chi connectivity index (χ1) is 9.82. The molecule has 0 heterocycles. The molecule has 0 aliphatic heterocycles. The van der Waals surface area contributed by atoms with E-state index in [1.54, 1.807) is 19.2 Å². The minimum absolute atomic E-state index is 0.211. The van der Waals surface area contributed by atoms with Gasteiger partial charge in [-0.25, -0.2) is 4.39 Å². The molecular formula is C18H28FNO. The van der Waals surface area contributed by atoms with Gasteiger partial charge in [0.2, 0.25) is 0 Å². The van der Waals surface area contributed by atoms with Crippen LogP contribution < -0.4 is 10.5 Å². The molecule has 3 heteroatoms. The van der Waals surface area contributed by atoms with E-state index in [1.165, 1.54) is 18.9 Å². The van der Waals surface area contributed by atoms with Gasteiger partial charge in [0.1, 0.15) is 11.6 Å². The Hall–Kier alpha value is -1.09. The van der Waals surface area contributed by atoms with Gasteiger partial charge in [0.05, 0.1) is 7.11 Å². The van der Waals surface area contributed by atoms with Crippen molar-refractivity contribution in [1.82, 2.24) is 0 Å². The number of rotatable bonds is 3. The highest BCUT2D eigenvalue weighted by Gasteiger charge is 2.32.